The summed E-state index contributed by atoms with van der Waals surface area (Å²) < 4.78 is 10.2. The first-order valence-electron chi connectivity index (χ1n) is 6.89. The summed E-state index contributed by atoms with van der Waals surface area (Å²) in [5.74, 6) is 0.989. The van der Waals surface area contributed by atoms with E-state index in [1.165, 1.54) is 0 Å². The monoisotopic (exact) mass is 296 g/mol. The number of nitrogens with zero attached hydrogens (tertiary/aromatic N) is 4. The van der Waals surface area contributed by atoms with Crippen LogP contribution in [0, 0.1) is 0 Å². The molecule has 0 atom stereocenters. The van der Waals surface area contributed by atoms with Crippen LogP contribution in [0.2, 0.25) is 0 Å². The lowest BCUT2D eigenvalue weighted by Gasteiger charge is -2.27. The number of esters is 1. The van der Waals surface area contributed by atoms with Gasteiger partial charge in [0.25, 0.3) is 0 Å². The number of rotatable bonds is 6. The van der Waals surface area contributed by atoms with Crippen LogP contribution in [0.15, 0.2) is 0 Å². The Morgan fingerprint density at radius 3 is 2.67 bits per heavy atom. The number of ether oxygens (including phenoxy) is 2. The van der Waals surface area contributed by atoms with Crippen LogP contribution in [-0.4, -0.2) is 67.4 Å². The molecular weight excluding hydrogens is 276 g/mol. The number of aromatic nitrogens is 3. The second kappa shape index (κ2) is 7.58. The van der Waals surface area contributed by atoms with Crippen molar-refractivity contribution in [2.24, 2.45) is 0 Å². The first-order valence-corrected chi connectivity index (χ1v) is 6.89. The van der Waals surface area contributed by atoms with E-state index in [9.17, 15) is 4.79 Å². The molecule has 0 spiro atoms. The minimum Gasteiger partial charge on any atom is -0.465 e. The molecule has 1 fully saturated rings. The molecule has 9 heteroatoms. The minimum atomic E-state index is -0.350. The summed E-state index contributed by atoms with van der Waals surface area (Å²) in [5, 5.41) is 5.73. The minimum absolute atomic E-state index is 0.0174. The first kappa shape index (κ1) is 15.2. The van der Waals surface area contributed by atoms with Gasteiger partial charge in [-0.05, 0) is 6.92 Å². The quantitative estimate of drug-likeness (QED) is 0.686. The fraction of sp³-hybridized carbons (Fsp3) is 0.667. The van der Waals surface area contributed by atoms with Gasteiger partial charge in [0, 0.05) is 20.1 Å². The molecule has 0 saturated carbocycles. The molecule has 0 aromatic carbocycles. The zero-order valence-corrected chi connectivity index (χ0v) is 12.3. The third kappa shape index (κ3) is 4.42. The van der Waals surface area contributed by atoms with Crippen LogP contribution in [0.25, 0.3) is 0 Å². The van der Waals surface area contributed by atoms with Gasteiger partial charge < -0.3 is 25.0 Å². The molecule has 9 nitrogen and oxygen atoms in total. The molecule has 0 radical (unpaired) electrons. The van der Waals surface area contributed by atoms with Crippen molar-refractivity contribution < 1.29 is 14.3 Å². The molecule has 1 aromatic heterocycles. The van der Waals surface area contributed by atoms with E-state index in [0.717, 1.165) is 13.1 Å². The smallest absolute Gasteiger partial charge is 0.325 e. The van der Waals surface area contributed by atoms with Gasteiger partial charge in [-0.3, -0.25) is 4.79 Å². The number of morpholine rings is 1. The Bertz CT molecular complexity index is 478. The SMILES string of the molecule is CCOC(=O)CNc1nc(NC)nc(N2CCOCC2)n1. The molecule has 1 aliphatic rings. The van der Waals surface area contributed by atoms with Crippen molar-refractivity contribution in [1.82, 2.24) is 15.0 Å². The van der Waals surface area contributed by atoms with Crippen molar-refractivity contribution in [2.75, 3.05) is 62.0 Å². The highest BCUT2D eigenvalue weighted by atomic mass is 16.5. The highest BCUT2D eigenvalue weighted by Crippen LogP contribution is 2.14. The van der Waals surface area contributed by atoms with E-state index < -0.39 is 0 Å². The van der Waals surface area contributed by atoms with Gasteiger partial charge in [0.1, 0.15) is 6.54 Å². The summed E-state index contributed by atoms with van der Waals surface area (Å²) in [7, 11) is 1.73. The highest BCUT2D eigenvalue weighted by Gasteiger charge is 2.16. The van der Waals surface area contributed by atoms with E-state index in [1.54, 1.807) is 14.0 Å². The van der Waals surface area contributed by atoms with E-state index in [1.807, 2.05) is 4.90 Å². The Hall–Kier alpha value is -2.16. The van der Waals surface area contributed by atoms with E-state index >= 15 is 0 Å². The van der Waals surface area contributed by atoms with Crippen LogP contribution in [0.5, 0.6) is 0 Å². The molecule has 2 heterocycles. The van der Waals surface area contributed by atoms with Crippen LogP contribution < -0.4 is 15.5 Å². The summed E-state index contributed by atoms with van der Waals surface area (Å²) in [6.45, 7) is 4.87. The van der Waals surface area contributed by atoms with E-state index in [-0.39, 0.29) is 12.5 Å². The third-order valence-electron chi connectivity index (χ3n) is 2.84. The predicted octanol–water partition coefficient (Wildman–Crippen LogP) is -0.275. The molecule has 0 unspecified atom stereocenters. The maximum absolute atomic E-state index is 11.4. The molecule has 1 aliphatic heterocycles. The Labute approximate surface area is 123 Å². The Morgan fingerprint density at radius 2 is 2.00 bits per heavy atom. The number of anilines is 3. The first-order chi connectivity index (χ1) is 10.2. The Balaban J connectivity index is 2.07. The molecule has 2 N–H and O–H groups in total. The number of nitrogens with one attached hydrogen (secondary N) is 2. The molecule has 1 saturated heterocycles. The molecular formula is C12H20N6O3. The summed E-state index contributed by atoms with van der Waals surface area (Å²) in [6.07, 6.45) is 0. The zero-order valence-electron chi connectivity index (χ0n) is 12.3. The van der Waals surface area contributed by atoms with Gasteiger partial charge in [-0.15, -0.1) is 0 Å². The van der Waals surface area contributed by atoms with Crippen LogP contribution in [0.3, 0.4) is 0 Å². The van der Waals surface area contributed by atoms with Gasteiger partial charge in [0.05, 0.1) is 19.8 Å². The van der Waals surface area contributed by atoms with Crippen LogP contribution in [0.1, 0.15) is 6.92 Å². The standard InChI is InChI=1S/C12H20N6O3/c1-3-21-9(19)8-14-11-15-10(13-2)16-12(17-11)18-4-6-20-7-5-18/h3-8H2,1-2H3,(H2,13,14,15,16,17). The number of carbonyl (C=O) groups excluding carboxylic acids is 1. The van der Waals surface area contributed by atoms with Crippen LogP contribution in [0.4, 0.5) is 17.8 Å². The number of hydrogen-bond acceptors (Lipinski definition) is 9. The summed E-state index contributed by atoms with van der Waals surface area (Å²) in [5.41, 5.74) is 0. The lowest BCUT2D eigenvalue weighted by Crippen LogP contribution is -2.37. The molecule has 0 bridgehead atoms. The zero-order chi connectivity index (χ0) is 15.1. The molecule has 116 valence electrons. The normalized spacial score (nSPS) is 14.7. The summed E-state index contributed by atoms with van der Waals surface area (Å²) in [6, 6.07) is 0. The lowest BCUT2D eigenvalue weighted by molar-refractivity contribution is -0.140. The lowest BCUT2D eigenvalue weighted by atomic mass is 10.4. The second-order valence-corrected chi connectivity index (χ2v) is 4.29. The summed E-state index contributed by atoms with van der Waals surface area (Å²) in [4.78, 5) is 26.2. The third-order valence-corrected chi connectivity index (χ3v) is 2.84. The van der Waals surface area contributed by atoms with Gasteiger partial charge in [0.15, 0.2) is 0 Å². The topological polar surface area (TPSA) is 102 Å². The largest absolute Gasteiger partial charge is 0.465 e. The highest BCUT2D eigenvalue weighted by molar-refractivity contribution is 5.74. The number of hydrogen-bond donors (Lipinski definition) is 2. The molecule has 1 aromatic rings. The molecule has 2 rings (SSSR count). The van der Waals surface area contributed by atoms with Crippen molar-refractivity contribution in [3.8, 4) is 0 Å². The van der Waals surface area contributed by atoms with Crippen molar-refractivity contribution >= 4 is 23.8 Å². The van der Waals surface area contributed by atoms with Gasteiger partial charge in [-0.1, -0.05) is 0 Å². The van der Waals surface area contributed by atoms with E-state index in [4.69, 9.17) is 9.47 Å². The Morgan fingerprint density at radius 1 is 1.29 bits per heavy atom. The second-order valence-electron chi connectivity index (χ2n) is 4.29. The fourth-order valence-electron chi connectivity index (χ4n) is 1.82. The average molecular weight is 296 g/mol. The van der Waals surface area contributed by atoms with Crippen molar-refractivity contribution in [3.63, 3.8) is 0 Å². The predicted molar refractivity (Wildman–Crippen MR) is 77.5 cm³/mol. The maximum Gasteiger partial charge on any atom is 0.325 e. The van der Waals surface area contributed by atoms with Gasteiger partial charge in [-0.25, -0.2) is 0 Å². The molecule has 0 aliphatic carbocycles. The summed E-state index contributed by atoms with van der Waals surface area (Å²) >= 11 is 0. The van der Waals surface area contributed by atoms with E-state index in [2.05, 4.69) is 25.6 Å². The fourth-order valence-corrected chi connectivity index (χ4v) is 1.82. The average Bonchev–Trinajstić information content (AvgIpc) is 2.54. The molecule has 0 amide bonds. The van der Waals surface area contributed by atoms with Crippen LogP contribution in [-0.2, 0) is 14.3 Å². The van der Waals surface area contributed by atoms with Gasteiger partial charge >= 0.3 is 5.97 Å². The van der Waals surface area contributed by atoms with Crippen molar-refractivity contribution in [1.29, 1.82) is 0 Å². The Kier molecular flexibility index (Phi) is 5.50. The van der Waals surface area contributed by atoms with E-state index in [0.29, 0.717) is 37.7 Å². The number of carbonyl (C=O) groups is 1. The van der Waals surface area contributed by atoms with Gasteiger partial charge in [-0.2, -0.15) is 15.0 Å². The molecule has 21 heavy (non-hydrogen) atoms. The van der Waals surface area contributed by atoms with Crippen molar-refractivity contribution in [3.05, 3.63) is 0 Å². The van der Waals surface area contributed by atoms with Gasteiger partial charge in [0.2, 0.25) is 17.8 Å². The van der Waals surface area contributed by atoms with Crippen LogP contribution >= 0.6 is 0 Å². The van der Waals surface area contributed by atoms with Crippen molar-refractivity contribution in [2.45, 2.75) is 6.92 Å². The maximum atomic E-state index is 11.4.